The van der Waals surface area contributed by atoms with Gasteiger partial charge in [0.15, 0.2) is 0 Å². The van der Waals surface area contributed by atoms with Crippen LogP contribution in [0.2, 0.25) is 10.0 Å². The zero-order valence-corrected chi connectivity index (χ0v) is 17.1. The summed E-state index contributed by atoms with van der Waals surface area (Å²) in [4.78, 5) is 12.8. The van der Waals surface area contributed by atoms with Gasteiger partial charge in [0, 0.05) is 22.1 Å². The van der Waals surface area contributed by atoms with Crippen LogP contribution in [0.1, 0.15) is 42.4 Å². The summed E-state index contributed by atoms with van der Waals surface area (Å²) >= 11 is 12.5. The molecule has 1 amide bonds. The highest BCUT2D eigenvalue weighted by Gasteiger charge is 2.23. The standard InChI is InChI=1S/C21H18Cl2N4O/c1-21(2,3)18-11-19(25-20(28)14-6-4-5-13(9-14)12-24)27(26-18)17-10-15(22)7-8-16(17)23/h4-11H,1-3H3,(H,25,28). The molecule has 7 heteroatoms. The van der Waals surface area contributed by atoms with Gasteiger partial charge >= 0.3 is 0 Å². The maximum Gasteiger partial charge on any atom is 0.256 e. The summed E-state index contributed by atoms with van der Waals surface area (Å²) in [6.45, 7) is 6.09. The minimum Gasteiger partial charge on any atom is -0.306 e. The first-order valence-electron chi connectivity index (χ1n) is 8.56. The van der Waals surface area contributed by atoms with Gasteiger partial charge in [0.1, 0.15) is 5.82 Å². The number of nitrogens with zero attached hydrogens (tertiary/aromatic N) is 3. The van der Waals surface area contributed by atoms with Crippen LogP contribution in [0.5, 0.6) is 0 Å². The van der Waals surface area contributed by atoms with E-state index >= 15 is 0 Å². The smallest absolute Gasteiger partial charge is 0.256 e. The Kier molecular flexibility index (Phi) is 5.46. The van der Waals surface area contributed by atoms with Crippen molar-refractivity contribution in [1.29, 1.82) is 5.26 Å². The van der Waals surface area contributed by atoms with Crippen molar-refractivity contribution < 1.29 is 4.79 Å². The molecule has 1 heterocycles. The maximum atomic E-state index is 12.8. The Morgan fingerprint density at radius 3 is 2.57 bits per heavy atom. The lowest BCUT2D eigenvalue weighted by atomic mass is 9.92. The first kappa shape index (κ1) is 19.9. The average Bonchev–Trinajstić information content (AvgIpc) is 3.07. The van der Waals surface area contributed by atoms with Crippen molar-refractivity contribution in [3.05, 3.63) is 75.4 Å². The van der Waals surface area contributed by atoms with Crippen molar-refractivity contribution in [2.45, 2.75) is 26.2 Å². The number of carbonyl (C=O) groups is 1. The van der Waals surface area contributed by atoms with E-state index in [1.165, 1.54) is 6.07 Å². The number of nitrogens with one attached hydrogen (secondary N) is 1. The molecule has 0 unspecified atom stereocenters. The van der Waals surface area contributed by atoms with E-state index in [-0.39, 0.29) is 11.3 Å². The van der Waals surface area contributed by atoms with Crippen molar-refractivity contribution in [3.8, 4) is 11.8 Å². The SMILES string of the molecule is CC(C)(C)c1cc(NC(=O)c2cccc(C#N)c2)n(-c2cc(Cl)ccc2Cl)n1. The van der Waals surface area contributed by atoms with Crippen LogP contribution >= 0.6 is 23.2 Å². The molecule has 0 saturated carbocycles. The lowest BCUT2D eigenvalue weighted by Gasteiger charge is -2.14. The van der Waals surface area contributed by atoms with E-state index < -0.39 is 0 Å². The third-order valence-corrected chi connectivity index (χ3v) is 4.66. The topological polar surface area (TPSA) is 70.7 Å². The van der Waals surface area contributed by atoms with Crippen molar-refractivity contribution in [1.82, 2.24) is 9.78 Å². The molecule has 0 spiro atoms. The van der Waals surface area contributed by atoms with Crippen LogP contribution in [0.4, 0.5) is 5.82 Å². The molecule has 28 heavy (non-hydrogen) atoms. The number of amides is 1. The van der Waals surface area contributed by atoms with E-state index in [9.17, 15) is 4.79 Å². The number of benzene rings is 2. The first-order valence-corrected chi connectivity index (χ1v) is 9.32. The van der Waals surface area contributed by atoms with Gasteiger partial charge in [-0.2, -0.15) is 10.4 Å². The number of carbonyl (C=O) groups excluding carboxylic acids is 1. The van der Waals surface area contributed by atoms with Gasteiger partial charge in [-0.1, -0.05) is 50.0 Å². The monoisotopic (exact) mass is 412 g/mol. The highest BCUT2D eigenvalue weighted by molar-refractivity contribution is 6.34. The Morgan fingerprint density at radius 1 is 1.14 bits per heavy atom. The van der Waals surface area contributed by atoms with E-state index in [2.05, 4.69) is 10.4 Å². The van der Waals surface area contributed by atoms with Gasteiger partial charge in [-0.15, -0.1) is 0 Å². The summed E-state index contributed by atoms with van der Waals surface area (Å²) in [5.74, 6) is 0.110. The minimum absolute atomic E-state index is 0.240. The quantitative estimate of drug-likeness (QED) is 0.608. The molecule has 0 radical (unpaired) electrons. The van der Waals surface area contributed by atoms with Gasteiger partial charge in [0.2, 0.25) is 0 Å². The fraction of sp³-hybridized carbons (Fsp3) is 0.190. The third-order valence-electron chi connectivity index (χ3n) is 4.11. The van der Waals surface area contributed by atoms with Crippen molar-refractivity contribution in [2.24, 2.45) is 0 Å². The normalized spacial score (nSPS) is 11.1. The van der Waals surface area contributed by atoms with Crippen LogP contribution in [0, 0.1) is 11.3 Å². The molecule has 0 aliphatic heterocycles. The highest BCUT2D eigenvalue weighted by Crippen LogP contribution is 2.31. The molecule has 0 bridgehead atoms. The van der Waals surface area contributed by atoms with Crippen molar-refractivity contribution in [3.63, 3.8) is 0 Å². The number of anilines is 1. The molecule has 3 aromatic rings. The zero-order valence-electron chi connectivity index (χ0n) is 15.6. The second-order valence-electron chi connectivity index (χ2n) is 7.32. The van der Waals surface area contributed by atoms with Crippen LogP contribution < -0.4 is 5.32 Å². The Morgan fingerprint density at radius 2 is 1.89 bits per heavy atom. The van der Waals surface area contributed by atoms with E-state index in [1.807, 2.05) is 32.9 Å². The minimum atomic E-state index is -0.350. The van der Waals surface area contributed by atoms with Gasteiger partial charge in [-0.3, -0.25) is 4.79 Å². The Labute approximate surface area is 173 Å². The van der Waals surface area contributed by atoms with Crippen LogP contribution in [0.3, 0.4) is 0 Å². The summed E-state index contributed by atoms with van der Waals surface area (Å²) in [6.07, 6.45) is 0. The molecule has 142 valence electrons. The maximum absolute atomic E-state index is 12.8. The molecule has 0 atom stereocenters. The highest BCUT2D eigenvalue weighted by atomic mass is 35.5. The van der Waals surface area contributed by atoms with Gasteiger partial charge in [-0.25, -0.2) is 4.68 Å². The lowest BCUT2D eigenvalue weighted by molar-refractivity contribution is 0.102. The summed E-state index contributed by atoms with van der Waals surface area (Å²) in [5.41, 5.74) is 1.89. The zero-order chi connectivity index (χ0) is 20.5. The Hall–Kier alpha value is -2.81. The summed E-state index contributed by atoms with van der Waals surface area (Å²) in [6, 6.07) is 15.4. The summed E-state index contributed by atoms with van der Waals surface area (Å²) in [7, 11) is 0. The number of aromatic nitrogens is 2. The third kappa shape index (κ3) is 4.19. The Bertz CT molecular complexity index is 1090. The molecular formula is C21H18Cl2N4O. The molecule has 1 N–H and O–H groups in total. The average molecular weight is 413 g/mol. The van der Waals surface area contributed by atoms with Gasteiger partial charge in [-0.05, 0) is 36.4 Å². The first-order chi connectivity index (χ1) is 13.2. The Balaban J connectivity index is 2.06. The van der Waals surface area contributed by atoms with Crippen molar-refractivity contribution >= 4 is 34.9 Å². The predicted octanol–water partition coefficient (Wildman–Crippen LogP) is 5.60. The molecule has 1 aromatic heterocycles. The van der Waals surface area contributed by atoms with Crippen LogP contribution in [-0.2, 0) is 5.41 Å². The van der Waals surface area contributed by atoms with E-state index in [1.54, 1.807) is 41.1 Å². The molecule has 0 aliphatic carbocycles. The molecule has 0 fully saturated rings. The number of hydrogen-bond donors (Lipinski definition) is 1. The van der Waals surface area contributed by atoms with Crippen molar-refractivity contribution in [2.75, 3.05) is 5.32 Å². The fourth-order valence-electron chi connectivity index (χ4n) is 2.59. The van der Waals surface area contributed by atoms with Gasteiger partial charge < -0.3 is 5.32 Å². The van der Waals surface area contributed by atoms with E-state index in [0.29, 0.717) is 32.7 Å². The van der Waals surface area contributed by atoms with E-state index in [0.717, 1.165) is 5.69 Å². The largest absolute Gasteiger partial charge is 0.306 e. The van der Waals surface area contributed by atoms with Gasteiger partial charge in [0.25, 0.3) is 5.91 Å². The molecule has 3 rings (SSSR count). The molecule has 0 saturated heterocycles. The summed E-state index contributed by atoms with van der Waals surface area (Å²) in [5, 5.41) is 17.5. The molecule has 5 nitrogen and oxygen atoms in total. The van der Waals surface area contributed by atoms with Gasteiger partial charge in [0.05, 0.1) is 28.0 Å². The van der Waals surface area contributed by atoms with Crippen LogP contribution in [-0.4, -0.2) is 15.7 Å². The number of hydrogen-bond acceptors (Lipinski definition) is 3. The van der Waals surface area contributed by atoms with Crippen LogP contribution in [0.15, 0.2) is 48.5 Å². The molecule has 0 aliphatic rings. The number of halogens is 2. The second-order valence-corrected chi connectivity index (χ2v) is 8.16. The fourth-order valence-corrected chi connectivity index (χ4v) is 2.95. The number of rotatable bonds is 3. The second kappa shape index (κ2) is 7.67. The van der Waals surface area contributed by atoms with Crippen LogP contribution in [0.25, 0.3) is 5.69 Å². The predicted molar refractivity (Wildman–Crippen MR) is 111 cm³/mol. The number of nitriles is 1. The van der Waals surface area contributed by atoms with E-state index in [4.69, 9.17) is 28.5 Å². The molecule has 2 aromatic carbocycles. The lowest BCUT2D eigenvalue weighted by Crippen LogP contribution is -2.15. The summed E-state index contributed by atoms with van der Waals surface area (Å²) < 4.78 is 1.57. The molecular weight excluding hydrogens is 395 g/mol.